The van der Waals surface area contributed by atoms with Gasteiger partial charge in [-0.25, -0.2) is 9.97 Å². The monoisotopic (exact) mass is 359 g/mol. The molecule has 0 aliphatic carbocycles. The summed E-state index contributed by atoms with van der Waals surface area (Å²) in [4.78, 5) is 21.4. The summed E-state index contributed by atoms with van der Waals surface area (Å²) in [7, 11) is 0. The number of benzene rings is 2. The quantitative estimate of drug-likeness (QED) is 0.546. The lowest BCUT2D eigenvalue weighted by Gasteiger charge is -2.07. The van der Waals surface area contributed by atoms with Gasteiger partial charge in [-0.05, 0) is 48.5 Å². The molecule has 0 radical (unpaired) electrons. The molecule has 0 aliphatic rings. The number of nitrogens with one attached hydrogen (secondary N) is 1. The van der Waals surface area contributed by atoms with Gasteiger partial charge in [0, 0.05) is 21.5 Å². The van der Waals surface area contributed by atoms with Gasteiger partial charge in [0.05, 0.1) is 5.69 Å². The van der Waals surface area contributed by atoms with Crippen LogP contribution in [0.3, 0.4) is 0 Å². The van der Waals surface area contributed by atoms with Crippen molar-refractivity contribution in [2.24, 2.45) is 0 Å². The molecule has 0 atom stereocenters. The predicted molar refractivity (Wildman–Crippen MR) is 104 cm³/mol. The summed E-state index contributed by atoms with van der Waals surface area (Å²) >= 11 is 5.94. The summed E-state index contributed by atoms with van der Waals surface area (Å²) in [6.45, 7) is 0. The van der Waals surface area contributed by atoms with Gasteiger partial charge in [-0.15, -0.1) is 0 Å². The Bertz CT molecular complexity index is 1080. The van der Waals surface area contributed by atoms with Crippen LogP contribution in [0.5, 0.6) is 0 Å². The third-order valence-corrected chi connectivity index (χ3v) is 4.22. The lowest BCUT2D eigenvalue weighted by atomic mass is 10.1. The lowest BCUT2D eigenvalue weighted by Crippen LogP contribution is -2.12. The van der Waals surface area contributed by atoms with Crippen molar-refractivity contribution < 1.29 is 4.79 Å². The van der Waals surface area contributed by atoms with Gasteiger partial charge in [-0.2, -0.15) is 0 Å². The Kier molecular flexibility index (Phi) is 4.33. The van der Waals surface area contributed by atoms with Crippen molar-refractivity contribution in [1.29, 1.82) is 0 Å². The third kappa shape index (κ3) is 3.41. The highest BCUT2D eigenvalue weighted by atomic mass is 35.5. The minimum absolute atomic E-state index is 0.202. The molecule has 0 saturated heterocycles. The van der Waals surface area contributed by atoms with Gasteiger partial charge in [0.15, 0.2) is 5.65 Å². The van der Waals surface area contributed by atoms with Crippen LogP contribution >= 0.6 is 11.6 Å². The largest absolute Gasteiger partial charge is 0.306 e. The van der Waals surface area contributed by atoms with Gasteiger partial charge in [0.2, 0.25) is 0 Å². The van der Waals surface area contributed by atoms with Crippen LogP contribution < -0.4 is 5.32 Å². The first kappa shape index (κ1) is 16.2. The molecule has 1 amide bonds. The van der Waals surface area contributed by atoms with E-state index in [2.05, 4.69) is 15.3 Å². The molecule has 4 nitrogen and oxygen atoms in total. The van der Waals surface area contributed by atoms with Crippen molar-refractivity contribution in [3.8, 4) is 11.3 Å². The van der Waals surface area contributed by atoms with Crippen molar-refractivity contribution in [3.05, 3.63) is 89.4 Å². The first-order valence-electron chi connectivity index (χ1n) is 8.09. The normalized spacial score (nSPS) is 10.7. The lowest BCUT2D eigenvalue weighted by molar-refractivity contribution is 0.102. The summed E-state index contributed by atoms with van der Waals surface area (Å²) in [5.74, 6) is 0.262. The number of pyridine rings is 2. The number of halogens is 1. The number of nitrogens with zero attached hydrogens (tertiary/aromatic N) is 2. The van der Waals surface area contributed by atoms with Gasteiger partial charge in [-0.1, -0.05) is 41.9 Å². The molecule has 0 spiro atoms. The zero-order chi connectivity index (χ0) is 17.9. The molecule has 0 saturated carbocycles. The number of anilines is 1. The molecule has 4 aromatic rings. The molecule has 0 unspecified atom stereocenters. The highest BCUT2D eigenvalue weighted by Gasteiger charge is 2.08. The number of carbonyl (C=O) groups is 1. The number of hydrogen-bond acceptors (Lipinski definition) is 3. The van der Waals surface area contributed by atoms with E-state index >= 15 is 0 Å². The molecule has 4 rings (SSSR count). The average Bonchev–Trinajstić information content (AvgIpc) is 2.68. The molecular weight excluding hydrogens is 346 g/mol. The molecule has 2 aromatic carbocycles. The molecule has 26 heavy (non-hydrogen) atoms. The maximum atomic E-state index is 12.3. The summed E-state index contributed by atoms with van der Waals surface area (Å²) in [5.41, 5.74) is 2.91. The van der Waals surface area contributed by atoms with E-state index in [9.17, 15) is 4.79 Å². The van der Waals surface area contributed by atoms with Gasteiger partial charge in [0.25, 0.3) is 5.91 Å². The smallest absolute Gasteiger partial charge is 0.256 e. The van der Waals surface area contributed by atoms with Crippen LogP contribution in [-0.2, 0) is 0 Å². The fourth-order valence-corrected chi connectivity index (χ4v) is 2.75. The number of carbonyl (C=O) groups excluding carboxylic acids is 1. The van der Waals surface area contributed by atoms with Crippen LogP contribution in [0.4, 0.5) is 5.82 Å². The maximum absolute atomic E-state index is 12.3. The van der Waals surface area contributed by atoms with Crippen molar-refractivity contribution in [2.45, 2.75) is 0 Å². The second kappa shape index (κ2) is 6.94. The Hall–Kier alpha value is -3.24. The van der Waals surface area contributed by atoms with E-state index in [-0.39, 0.29) is 5.91 Å². The highest BCUT2D eigenvalue weighted by molar-refractivity contribution is 6.30. The van der Waals surface area contributed by atoms with Crippen LogP contribution in [-0.4, -0.2) is 15.9 Å². The Morgan fingerprint density at radius 3 is 2.31 bits per heavy atom. The SMILES string of the molecule is O=C(Nc1ccc2ccc(-c3ccc(Cl)cc3)nc2n1)c1ccccc1. The van der Waals surface area contributed by atoms with Crippen molar-refractivity contribution >= 4 is 34.4 Å². The molecule has 2 heterocycles. The van der Waals surface area contributed by atoms with E-state index < -0.39 is 0 Å². The molecule has 126 valence electrons. The van der Waals surface area contributed by atoms with Gasteiger partial charge >= 0.3 is 0 Å². The number of amides is 1. The minimum atomic E-state index is -0.202. The first-order chi connectivity index (χ1) is 12.7. The Morgan fingerprint density at radius 2 is 1.54 bits per heavy atom. The second-order valence-electron chi connectivity index (χ2n) is 5.77. The molecule has 0 bridgehead atoms. The van der Waals surface area contributed by atoms with Crippen LogP contribution in [0, 0.1) is 0 Å². The summed E-state index contributed by atoms with van der Waals surface area (Å²) < 4.78 is 0. The highest BCUT2D eigenvalue weighted by Crippen LogP contribution is 2.23. The Morgan fingerprint density at radius 1 is 0.808 bits per heavy atom. The van der Waals surface area contributed by atoms with Gasteiger partial charge in [0.1, 0.15) is 5.82 Å². The molecule has 1 N–H and O–H groups in total. The van der Waals surface area contributed by atoms with E-state index in [1.54, 1.807) is 18.2 Å². The number of rotatable bonds is 3. The molecule has 5 heteroatoms. The number of aromatic nitrogens is 2. The van der Waals surface area contributed by atoms with Crippen LogP contribution in [0.2, 0.25) is 5.02 Å². The minimum Gasteiger partial charge on any atom is -0.306 e. The number of hydrogen-bond donors (Lipinski definition) is 1. The zero-order valence-corrected chi connectivity index (χ0v) is 14.4. The molecule has 0 fully saturated rings. The van der Waals surface area contributed by atoms with E-state index in [1.165, 1.54) is 0 Å². The Balaban J connectivity index is 1.65. The molecular formula is C21H14ClN3O. The fraction of sp³-hybridized carbons (Fsp3) is 0. The maximum Gasteiger partial charge on any atom is 0.256 e. The summed E-state index contributed by atoms with van der Waals surface area (Å²) in [5, 5.41) is 4.39. The molecule has 0 aliphatic heterocycles. The summed E-state index contributed by atoms with van der Waals surface area (Å²) in [6.07, 6.45) is 0. The Labute approximate surface area is 155 Å². The van der Waals surface area contributed by atoms with Gasteiger partial charge < -0.3 is 5.32 Å². The van der Waals surface area contributed by atoms with E-state index in [0.717, 1.165) is 16.6 Å². The molecule has 2 aromatic heterocycles. The topological polar surface area (TPSA) is 54.9 Å². The van der Waals surface area contributed by atoms with Crippen LogP contribution in [0.25, 0.3) is 22.3 Å². The van der Waals surface area contributed by atoms with E-state index in [1.807, 2.05) is 60.7 Å². The van der Waals surface area contributed by atoms with E-state index in [0.29, 0.717) is 22.1 Å². The van der Waals surface area contributed by atoms with E-state index in [4.69, 9.17) is 11.6 Å². The van der Waals surface area contributed by atoms with Crippen LogP contribution in [0.15, 0.2) is 78.9 Å². The zero-order valence-electron chi connectivity index (χ0n) is 13.7. The van der Waals surface area contributed by atoms with Crippen LogP contribution in [0.1, 0.15) is 10.4 Å². The summed E-state index contributed by atoms with van der Waals surface area (Å²) in [6, 6.07) is 24.1. The average molecular weight is 360 g/mol. The standard InChI is InChI=1S/C21H14ClN3O/c22-17-10-6-14(7-11-17)18-12-8-15-9-13-19(24-20(15)23-18)25-21(26)16-4-2-1-3-5-16/h1-13H,(H,23,24,25,26). The van der Waals surface area contributed by atoms with Gasteiger partial charge in [-0.3, -0.25) is 4.79 Å². The fourth-order valence-electron chi connectivity index (χ4n) is 2.63. The van der Waals surface area contributed by atoms with Crippen molar-refractivity contribution in [3.63, 3.8) is 0 Å². The predicted octanol–water partition coefficient (Wildman–Crippen LogP) is 5.20. The number of fused-ring (bicyclic) bond motifs is 1. The first-order valence-corrected chi connectivity index (χ1v) is 8.47. The third-order valence-electron chi connectivity index (χ3n) is 3.97. The van der Waals surface area contributed by atoms with Crippen molar-refractivity contribution in [2.75, 3.05) is 5.32 Å². The van der Waals surface area contributed by atoms with Crippen molar-refractivity contribution in [1.82, 2.24) is 9.97 Å². The second-order valence-corrected chi connectivity index (χ2v) is 6.20.